The van der Waals surface area contributed by atoms with Crippen molar-refractivity contribution < 1.29 is 23.9 Å². The van der Waals surface area contributed by atoms with Gasteiger partial charge in [0.25, 0.3) is 0 Å². The van der Waals surface area contributed by atoms with Gasteiger partial charge in [0.15, 0.2) is 18.1 Å². The highest BCUT2D eigenvalue weighted by molar-refractivity contribution is 6.44. The molecule has 6 nitrogen and oxygen atoms in total. The third-order valence-corrected chi connectivity index (χ3v) is 5.52. The van der Waals surface area contributed by atoms with E-state index in [1.54, 1.807) is 6.92 Å². The van der Waals surface area contributed by atoms with Gasteiger partial charge in [-0.15, -0.1) is 0 Å². The first-order chi connectivity index (χ1) is 15.1. The first kappa shape index (κ1) is 25.4. The van der Waals surface area contributed by atoms with Crippen LogP contribution in [0.4, 0.5) is 0 Å². The Bertz CT molecular complexity index is 890. The van der Waals surface area contributed by atoms with E-state index >= 15 is 0 Å². The van der Waals surface area contributed by atoms with Crippen LogP contribution < -0.4 is 5.73 Å². The van der Waals surface area contributed by atoms with E-state index in [2.05, 4.69) is 45.1 Å². The summed E-state index contributed by atoms with van der Waals surface area (Å²) >= 11 is 0. The predicted molar refractivity (Wildman–Crippen MR) is 124 cm³/mol. The molecule has 0 aromatic rings. The quantitative estimate of drug-likeness (QED) is 0.289. The highest BCUT2D eigenvalue weighted by Crippen LogP contribution is 2.34. The number of allylic oxidation sites excluding steroid dienone is 8. The molecule has 1 fully saturated rings. The molecule has 0 unspecified atom stereocenters. The number of carbonyl (C=O) groups excluding carboxylic acids is 3. The number of hydrogen-bond donors (Lipinski definition) is 1. The van der Waals surface area contributed by atoms with E-state index in [9.17, 15) is 14.4 Å². The molecule has 2 N–H and O–H groups in total. The summed E-state index contributed by atoms with van der Waals surface area (Å²) in [5.41, 5.74) is 8.18. The van der Waals surface area contributed by atoms with Crippen LogP contribution in [0.15, 0.2) is 59.1 Å². The molecule has 0 saturated carbocycles. The number of Topliss-reactive ketones (excluding diaryl/α,β-unsaturated/α-hetero) is 2. The Labute approximate surface area is 190 Å². The van der Waals surface area contributed by atoms with Crippen molar-refractivity contribution in [1.29, 1.82) is 0 Å². The highest BCUT2D eigenvalue weighted by Gasteiger charge is 2.49. The van der Waals surface area contributed by atoms with Crippen molar-refractivity contribution in [3.63, 3.8) is 0 Å². The van der Waals surface area contributed by atoms with Gasteiger partial charge in [0.2, 0.25) is 11.6 Å². The lowest BCUT2D eigenvalue weighted by Crippen LogP contribution is -2.30. The number of rotatable bonds is 11. The van der Waals surface area contributed by atoms with Crippen LogP contribution in [0, 0.1) is 11.8 Å². The van der Waals surface area contributed by atoms with Crippen LogP contribution in [0.5, 0.6) is 0 Å². The highest BCUT2D eigenvalue weighted by atomic mass is 16.6. The molecule has 2 heterocycles. The van der Waals surface area contributed by atoms with Crippen molar-refractivity contribution in [3.8, 4) is 0 Å². The van der Waals surface area contributed by atoms with E-state index < -0.39 is 35.7 Å². The average molecular weight is 442 g/mol. The minimum Gasteiger partial charge on any atom is -0.471 e. The van der Waals surface area contributed by atoms with Crippen molar-refractivity contribution in [2.75, 3.05) is 0 Å². The number of ketones is 2. The largest absolute Gasteiger partial charge is 0.471 e. The molecule has 1 saturated heterocycles. The Kier molecular flexibility index (Phi) is 9.24. The summed E-state index contributed by atoms with van der Waals surface area (Å²) in [5.74, 6) is -1.99. The molecule has 0 bridgehead atoms. The maximum Gasteiger partial charge on any atom is 0.310 e. The smallest absolute Gasteiger partial charge is 0.310 e. The Morgan fingerprint density at radius 1 is 1.19 bits per heavy atom. The summed E-state index contributed by atoms with van der Waals surface area (Å²) in [6, 6.07) is 0. The summed E-state index contributed by atoms with van der Waals surface area (Å²) in [6.45, 7) is 10.1. The van der Waals surface area contributed by atoms with Crippen molar-refractivity contribution in [1.82, 2.24) is 0 Å². The molecular formula is C26H35NO5. The van der Waals surface area contributed by atoms with Gasteiger partial charge in [0.05, 0.1) is 6.42 Å². The van der Waals surface area contributed by atoms with Crippen LogP contribution in [0.25, 0.3) is 0 Å². The maximum absolute atomic E-state index is 12.7. The SMILES string of the molecule is CC/C=C\C=C(/C)C[C@@H](C)/C=C(C)/C=C/C[C@@H](C)C(=O)C(=O)C1=C(N)O[C@@H]2CC(=O)O[C@@H]12. The maximum atomic E-state index is 12.7. The average Bonchev–Trinajstić information content (AvgIpc) is 3.20. The van der Waals surface area contributed by atoms with Crippen molar-refractivity contribution in [2.24, 2.45) is 17.6 Å². The predicted octanol–water partition coefficient (Wildman–Crippen LogP) is 4.48. The summed E-state index contributed by atoms with van der Waals surface area (Å²) in [7, 11) is 0. The molecule has 0 aromatic carbocycles. The zero-order valence-electron chi connectivity index (χ0n) is 19.7. The first-order valence-electron chi connectivity index (χ1n) is 11.3. The summed E-state index contributed by atoms with van der Waals surface area (Å²) in [5, 5.41) is 0. The van der Waals surface area contributed by atoms with E-state index in [1.165, 1.54) is 5.57 Å². The molecule has 6 heteroatoms. The normalized spacial score (nSPS) is 23.5. The second kappa shape index (κ2) is 11.7. The third-order valence-electron chi connectivity index (χ3n) is 5.52. The van der Waals surface area contributed by atoms with E-state index in [1.807, 2.05) is 19.1 Å². The number of nitrogens with two attached hydrogens (primary N) is 1. The molecule has 0 aromatic heterocycles. The van der Waals surface area contributed by atoms with Gasteiger partial charge in [0.1, 0.15) is 5.57 Å². The fourth-order valence-corrected chi connectivity index (χ4v) is 3.92. The monoisotopic (exact) mass is 441 g/mol. The summed E-state index contributed by atoms with van der Waals surface area (Å²) < 4.78 is 10.5. The van der Waals surface area contributed by atoms with Crippen molar-refractivity contribution in [3.05, 3.63) is 59.1 Å². The fraction of sp³-hybridized carbons (Fsp3) is 0.500. The fourth-order valence-electron chi connectivity index (χ4n) is 3.92. The lowest BCUT2D eigenvalue weighted by molar-refractivity contribution is -0.142. The van der Waals surface area contributed by atoms with E-state index in [0.29, 0.717) is 12.3 Å². The Morgan fingerprint density at radius 2 is 1.91 bits per heavy atom. The van der Waals surface area contributed by atoms with E-state index in [-0.39, 0.29) is 17.9 Å². The molecule has 0 radical (unpaired) electrons. The van der Waals surface area contributed by atoms with Crippen LogP contribution >= 0.6 is 0 Å². The van der Waals surface area contributed by atoms with Gasteiger partial charge in [-0.25, -0.2) is 0 Å². The molecule has 0 spiro atoms. The lowest BCUT2D eigenvalue weighted by Gasteiger charge is -2.11. The van der Waals surface area contributed by atoms with Gasteiger partial charge in [-0.05, 0) is 39.0 Å². The number of hydrogen-bond acceptors (Lipinski definition) is 6. The summed E-state index contributed by atoms with van der Waals surface area (Å²) in [6.07, 6.45) is 13.4. The van der Waals surface area contributed by atoms with Gasteiger partial charge in [-0.1, -0.05) is 68.4 Å². The molecule has 0 aliphatic carbocycles. The van der Waals surface area contributed by atoms with Crippen LogP contribution in [0.1, 0.15) is 60.3 Å². The van der Waals surface area contributed by atoms with Gasteiger partial charge >= 0.3 is 5.97 Å². The van der Waals surface area contributed by atoms with Gasteiger partial charge in [-0.3, -0.25) is 14.4 Å². The second-order valence-electron chi connectivity index (χ2n) is 8.72. The van der Waals surface area contributed by atoms with Crippen LogP contribution in [-0.2, 0) is 23.9 Å². The van der Waals surface area contributed by atoms with Crippen LogP contribution in [0.3, 0.4) is 0 Å². The van der Waals surface area contributed by atoms with Crippen molar-refractivity contribution >= 4 is 17.5 Å². The minimum absolute atomic E-state index is 0.0243. The Balaban J connectivity index is 1.89. The van der Waals surface area contributed by atoms with Crippen molar-refractivity contribution in [2.45, 2.75) is 72.5 Å². The minimum atomic E-state index is -0.872. The summed E-state index contributed by atoms with van der Waals surface area (Å²) in [4.78, 5) is 36.8. The number of ether oxygens (including phenoxy) is 2. The zero-order chi connectivity index (χ0) is 23.8. The molecule has 2 rings (SSSR count). The number of fused-ring (bicyclic) bond motifs is 1. The molecule has 2 aliphatic heterocycles. The zero-order valence-corrected chi connectivity index (χ0v) is 19.7. The molecule has 4 atom stereocenters. The number of carbonyl (C=O) groups is 3. The molecule has 174 valence electrons. The van der Waals surface area contributed by atoms with Crippen LogP contribution in [0.2, 0.25) is 0 Å². The molecule has 32 heavy (non-hydrogen) atoms. The second-order valence-corrected chi connectivity index (χ2v) is 8.72. The Hall–Kier alpha value is -2.89. The molecule has 0 amide bonds. The molecule has 2 aliphatic rings. The van der Waals surface area contributed by atoms with Gasteiger partial charge in [0, 0.05) is 5.92 Å². The standard InChI is InChI=1S/C26H35NO5/c1-6-7-8-10-16(2)13-18(4)14-17(3)11-9-12-19(5)23(29)24(30)22-25-20(31-26(22)27)15-21(28)32-25/h7-11,14,18-20,25H,6,12-13,15,27H2,1-5H3/b8-7-,11-9+,16-10+,17-14+/t18-,19-,20-,25-/m1/s1. The van der Waals surface area contributed by atoms with E-state index in [4.69, 9.17) is 15.2 Å². The van der Waals surface area contributed by atoms with Gasteiger partial charge < -0.3 is 15.2 Å². The lowest BCUT2D eigenvalue weighted by atomic mass is 9.92. The molecular weight excluding hydrogens is 406 g/mol. The van der Waals surface area contributed by atoms with E-state index in [0.717, 1.165) is 18.4 Å². The van der Waals surface area contributed by atoms with Crippen LogP contribution in [-0.4, -0.2) is 29.7 Å². The topological polar surface area (TPSA) is 95.7 Å². The third kappa shape index (κ3) is 6.81. The number of esters is 1. The Morgan fingerprint density at radius 3 is 2.59 bits per heavy atom. The first-order valence-corrected chi connectivity index (χ1v) is 11.3. The van der Waals surface area contributed by atoms with Gasteiger partial charge in [-0.2, -0.15) is 0 Å².